The Morgan fingerprint density at radius 1 is 1.04 bits per heavy atom. The molecule has 0 saturated carbocycles. The van der Waals surface area contributed by atoms with Gasteiger partial charge < -0.3 is 4.90 Å². The van der Waals surface area contributed by atoms with E-state index < -0.39 is 0 Å². The number of halogens is 2. The van der Waals surface area contributed by atoms with Crippen molar-refractivity contribution in [1.29, 1.82) is 0 Å². The molecule has 0 unspecified atom stereocenters. The molecule has 0 aromatic heterocycles. The van der Waals surface area contributed by atoms with Crippen LogP contribution in [0.15, 0.2) is 18.2 Å². The van der Waals surface area contributed by atoms with E-state index in [4.69, 9.17) is 23.2 Å². The lowest BCUT2D eigenvalue weighted by Crippen LogP contribution is -2.46. The largest absolute Gasteiger partial charge is 0.342 e. The molecule has 0 aliphatic carbocycles. The van der Waals surface area contributed by atoms with Gasteiger partial charge in [0.15, 0.2) is 0 Å². The van der Waals surface area contributed by atoms with E-state index >= 15 is 0 Å². The van der Waals surface area contributed by atoms with Gasteiger partial charge in [0.2, 0.25) is 5.91 Å². The number of nitrogens with zero attached hydrogens (tertiary/aromatic N) is 2. The Bertz CT molecular complexity index is 538. The maximum atomic E-state index is 12.7. The summed E-state index contributed by atoms with van der Waals surface area (Å²) in [4.78, 5) is 17.1. The zero-order valence-electron chi connectivity index (χ0n) is 13.4. The highest BCUT2D eigenvalue weighted by Crippen LogP contribution is 2.28. The molecule has 126 valence electrons. The van der Waals surface area contributed by atoms with Crippen LogP contribution in [0.3, 0.4) is 0 Å². The van der Waals surface area contributed by atoms with Crippen molar-refractivity contribution < 1.29 is 4.79 Å². The monoisotopic (exact) mass is 354 g/mol. The Balaban J connectivity index is 1.63. The molecule has 1 amide bonds. The average Bonchev–Trinajstić information content (AvgIpc) is 2.59. The fourth-order valence-electron chi connectivity index (χ4n) is 3.68. The van der Waals surface area contributed by atoms with E-state index in [1.165, 1.54) is 6.42 Å². The summed E-state index contributed by atoms with van der Waals surface area (Å²) in [5.74, 6) is 0.475. The SMILES string of the molecule is O=C([C@@H]1CCCN(Cc2c(Cl)cccc2Cl)C1)N1CCCCC1. The minimum absolute atomic E-state index is 0.128. The van der Waals surface area contributed by atoms with E-state index in [1.54, 1.807) is 0 Å². The summed E-state index contributed by atoms with van der Waals surface area (Å²) < 4.78 is 0. The minimum Gasteiger partial charge on any atom is -0.342 e. The molecule has 2 saturated heterocycles. The van der Waals surface area contributed by atoms with Crippen LogP contribution in [0.5, 0.6) is 0 Å². The van der Waals surface area contributed by atoms with E-state index in [0.717, 1.165) is 64.0 Å². The van der Waals surface area contributed by atoms with Crippen molar-refractivity contribution in [1.82, 2.24) is 9.80 Å². The molecule has 1 aromatic carbocycles. The Kier molecular flexibility index (Phi) is 5.84. The van der Waals surface area contributed by atoms with Gasteiger partial charge in [0, 0.05) is 41.8 Å². The molecule has 3 nitrogen and oxygen atoms in total. The quantitative estimate of drug-likeness (QED) is 0.811. The standard InChI is InChI=1S/C18H24Cl2N2O/c19-16-7-4-8-17(20)15(16)13-21-9-5-6-14(12-21)18(23)22-10-2-1-3-11-22/h4,7-8,14H,1-3,5-6,9-13H2/t14-/m1/s1. The third-order valence-corrected chi connectivity index (χ3v) is 5.67. The molecule has 0 bridgehead atoms. The predicted molar refractivity (Wildman–Crippen MR) is 94.9 cm³/mol. The fourth-order valence-corrected chi connectivity index (χ4v) is 4.20. The number of carbonyl (C=O) groups is 1. The lowest BCUT2D eigenvalue weighted by atomic mass is 9.95. The summed E-state index contributed by atoms with van der Waals surface area (Å²) in [5, 5.41) is 1.42. The van der Waals surface area contributed by atoms with Gasteiger partial charge >= 0.3 is 0 Å². The molecule has 5 heteroatoms. The summed E-state index contributed by atoms with van der Waals surface area (Å²) in [6, 6.07) is 5.62. The predicted octanol–water partition coefficient (Wildman–Crippen LogP) is 4.22. The van der Waals surface area contributed by atoms with Crippen LogP contribution in [0.1, 0.15) is 37.7 Å². The van der Waals surface area contributed by atoms with E-state index in [1.807, 2.05) is 18.2 Å². The maximum Gasteiger partial charge on any atom is 0.226 e. The summed E-state index contributed by atoms with van der Waals surface area (Å²) >= 11 is 12.6. The molecule has 2 fully saturated rings. The van der Waals surface area contributed by atoms with E-state index in [0.29, 0.717) is 16.0 Å². The van der Waals surface area contributed by atoms with Gasteiger partial charge in [-0.1, -0.05) is 29.3 Å². The van der Waals surface area contributed by atoms with E-state index in [-0.39, 0.29) is 5.92 Å². The van der Waals surface area contributed by atoms with Gasteiger partial charge in [-0.05, 0) is 50.8 Å². The normalized spacial score (nSPS) is 23.0. The molecule has 1 atom stereocenters. The van der Waals surface area contributed by atoms with E-state index in [9.17, 15) is 4.79 Å². The first-order valence-corrected chi connectivity index (χ1v) is 9.35. The second-order valence-electron chi connectivity index (χ2n) is 6.66. The lowest BCUT2D eigenvalue weighted by molar-refractivity contribution is -0.138. The van der Waals surface area contributed by atoms with Crippen molar-refractivity contribution in [3.63, 3.8) is 0 Å². The summed E-state index contributed by atoms with van der Waals surface area (Å²) in [6.07, 6.45) is 5.62. The molecule has 0 radical (unpaired) electrons. The average molecular weight is 355 g/mol. The first kappa shape index (κ1) is 17.1. The lowest BCUT2D eigenvalue weighted by Gasteiger charge is -2.36. The van der Waals surface area contributed by atoms with Crippen LogP contribution < -0.4 is 0 Å². The number of likely N-dealkylation sites (tertiary alicyclic amines) is 2. The molecule has 1 aromatic rings. The highest BCUT2D eigenvalue weighted by atomic mass is 35.5. The van der Waals surface area contributed by atoms with Gasteiger partial charge in [-0.25, -0.2) is 0 Å². The van der Waals surface area contributed by atoms with Crippen LogP contribution >= 0.6 is 23.2 Å². The van der Waals surface area contributed by atoms with Crippen LogP contribution in [0.2, 0.25) is 10.0 Å². The maximum absolute atomic E-state index is 12.7. The molecule has 2 heterocycles. The highest BCUT2D eigenvalue weighted by Gasteiger charge is 2.30. The molecular formula is C18H24Cl2N2O. The zero-order chi connectivity index (χ0) is 16.2. The first-order valence-electron chi connectivity index (χ1n) is 8.59. The molecule has 2 aliphatic heterocycles. The van der Waals surface area contributed by atoms with Crippen molar-refractivity contribution in [3.8, 4) is 0 Å². The van der Waals surface area contributed by atoms with Crippen molar-refractivity contribution in [2.24, 2.45) is 5.92 Å². The first-order chi connectivity index (χ1) is 11.1. The second-order valence-corrected chi connectivity index (χ2v) is 7.47. The van der Waals surface area contributed by atoms with Crippen LogP contribution in [-0.2, 0) is 11.3 Å². The zero-order valence-corrected chi connectivity index (χ0v) is 15.0. The minimum atomic E-state index is 0.128. The van der Waals surface area contributed by atoms with Gasteiger partial charge in [0.1, 0.15) is 0 Å². The third kappa shape index (κ3) is 4.20. The molecule has 2 aliphatic rings. The number of amides is 1. The van der Waals surface area contributed by atoms with Crippen LogP contribution in [0.4, 0.5) is 0 Å². The van der Waals surface area contributed by atoms with Gasteiger partial charge in [0.25, 0.3) is 0 Å². The Labute approximate surface area is 148 Å². The van der Waals surface area contributed by atoms with Crippen LogP contribution in [0.25, 0.3) is 0 Å². The topological polar surface area (TPSA) is 23.6 Å². The number of carbonyl (C=O) groups excluding carboxylic acids is 1. The Morgan fingerprint density at radius 2 is 1.74 bits per heavy atom. The number of rotatable bonds is 3. The molecule has 0 spiro atoms. The van der Waals surface area contributed by atoms with Crippen LogP contribution in [0, 0.1) is 5.92 Å². The summed E-state index contributed by atoms with van der Waals surface area (Å²) in [7, 11) is 0. The fraction of sp³-hybridized carbons (Fsp3) is 0.611. The Morgan fingerprint density at radius 3 is 2.43 bits per heavy atom. The highest BCUT2D eigenvalue weighted by molar-refractivity contribution is 6.35. The van der Waals surface area contributed by atoms with E-state index in [2.05, 4.69) is 9.80 Å². The van der Waals surface area contributed by atoms with Gasteiger partial charge in [0.05, 0.1) is 5.92 Å². The number of hydrogen-bond donors (Lipinski definition) is 0. The Hall–Kier alpha value is -0.770. The summed E-state index contributed by atoms with van der Waals surface area (Å²) in [6.45, 7) is 4.42. The summed E-state index contributed by atoms with van der Waals surface area (Å²) in [5.41, 5.74) is 0.974. The number of hydrogen-bond acceptors (Lipinski definition) is 2. The van der Waals surface area contributed by atoms with Gasteiger partial charge in [-0.2, -0.15) is 0 Å². The molecule has 3 rings (SSSR count). The number of piperidine rings is 2. The molecular weight excluding hydrogens is 331 g/mol. The van der Waals surface area contributed by atoms with Crippen LogP contribution in [-0.4, -0.2) is 41.9 Å². The molecule has 0 N–H and O–H groups in total. The second kappa shape index (κ2) is 7.87. The van der Waals surface area contributed by atoms with Crippen molar-refractivity contribution in [2.45, 2.75) is 38.6 Å². The van der Waals surface area contributed by atoms with Crippen molar-refractivity contribution in [3.05, 3.63) is 33.8 Å². The number of benzene rings is 1. The van der Waals surface area contributed by atoms with Crippen molar-refractivity contribution in [2.75, 3.05) is 26.2 Å². The molecule has 23 heavy (non-hydrogen) atoms. The smallest absolute Gasteiger partial charge is 0.226 e. The van der Waals surface area contributed by atoms with Gasteiger partial charge in [-0.3, -0.25) is 9.69 Å². The third-order valence-electron chi connectivity index (χ3n) is 4.97. The van der Waals surface area contributed by atoms with Gasteiger partial charge in [-0.15, -0.1) is 0 Å². The van der Waals surface area contributed by atoms with Crippen molar-refractivity contribution >= 4 is 29.1 Å².